The predicted molar refractivity (Wildman–Crippen MR) is 89.0 cm³/mol. The maximum absolute atomic E-state index is 10.3. The van der Waals surface area contributed by atoms with Crippen LogP contribution in [0.25, 0.3) is 0 Å². The fourth-order valence-corrected chi connectivity index (χ4v) is 2.05. The van der Waals surface area contributed by atoms with Crippen molar-refractivity contribution in [2.24, 2.45) is 0 Å². The fraction of sp³-hybridized carbons (Fsp3) is 0.600. The van der Waals surface area contributed by atoms with Crippen molar-refractivity contribution in [3.05, 3.63) is 22.7 Å². The summed E-state index contributed by atoms with van der Waals surface area (Å²) in [6, 6.07) is 5.32. The summed E-state index contributed by atoms with van der Waals surface area (Å²) in [4.78, 5) is 0. The Kier molecular flexibility index (Phi) is 5.89. The summed E-state index contributed by atoms with van der Waals surface area (Å²) in [5, 5.41) is 20.4. The topological polar surface area (TPSA) is 58.9 Å². The molecule has 0 aromatic heterocycles. The summed E-state index contributed by atoms with van der Waals surface area (Å²) in [5.74, 6) is 0.651. The van der Waals surface area contributed by atoms with Gasteiger partial charge in [-0.3, -0.25) is 0 Å². The van der Waals surface area contributed by atoms with E-state index in [1.807, 2.05) is 19.9 Å². The zero-order valence-electron chi connectivity index (χ0n) is 13.5. The monoisotopic (exact) mass is 358 g/mol. The second-order valence-electron chi connectivity index (χ2n) is 6.43. The van der Waals surface area contributed by atoms with E-state index in [9.17, 15) is 10.1 Å². The van der Waals surface area contributed by atoms with Gasteiger partial charge in [0.25, 0.3) is 0 Å². The van der Waals surface area contributed by atoms with Crippen LogP contribution in [-0.2, 0) is 4.65 Å². The second kappa shape index (κ2) is 6.69. The molecule has 2 N–H and O–H groups in total. The van der Waals surface area contributed by atoms with Gasteiger partial charge in [0.15, 0.2) is 0 Å². The Morgan fingerprint density at radius 3 is 2.19 bits per heavy atom. The molecule has 1 aromatic rings. The number of aliphatic hydroxyl groups is 1. The first-order valence-electron chi connectivity index (χ1n) is 6.98. The average Bonchev–Trinajstić information content (AvgIpc) is 2.24. The molecule has 0 spiro atoms. The SMILES string of the molecule is CC(C)Oc1cc(Br)cc(B(O)OC(C)(C)C(C)(C)O)c1. The smallest absolute Gasteiger partial charge is 0.491 e. The third-order valence-electron chi connectivity index (χ3n) is 3.43. The highest BCUT2D eigenvalue weighted by molar-refractivity contribution is 9.10. The number of benzene rings is 1. The normalized spacial score (nSPS) is 12.7. The van der Waals surface area contributed by atoms with Crippen molar-refractivity contribution >= 4 is 28.5 Å². The van der Waals surface area contributed by atoms with E-state index < -0.39 is 18.3 Å². The summed E-state index contributed by atoms with van der Waals surface area (Å²) in [6.45, 7) is 10.6. The molecule has 0 amide bonds. The van der Waals surface area contributed by atoms with Crippen molar-refractivity contribution in [3.63, 3.8) is 0 Å². The summed E-state index contributed by atoms with van der Waals surface area (Å²) >= 11 is 3.39. The van der Waals surface area contributed by atoms with Crippen molar-refractivity contribution in [1.82, 2.24) is 0 Å². The van der Waals surface area contributed by atoms with Crippen LogP contribution in [0, 0.1) is 0 Å². The first-order chi connectivity index (χ1) is 9.42. The van der Waals surface area contributed by atoms with Gasteiger partial charge < -0.3 is 19.5 Å². The number of halogens is 1. The van der Waals surface area contributed by atoms with Gasteiger partial charge in [-0.1, -0.05) is 15.9 Å². The molecule has 4 nitrogen and oxygen atoms in total. The molecule has 6 heteroatoms. The lowest BCUT2D eigenvalue weighted by molar-refractivity contribution is -0.0982. The molecule has 0 radical (unpaired) electrons. The molecule has 21 heavy (non-hydrogen) atoms. The third-order valence-corrected chi connectivity index (χ3v) is 3.89. The van der Waals surface area contributed by atoms with Crippen molar-refractivity contribution in [3.8, 4) is 5.75 Å². The Labute approximate surface area is 135 Å². The largest absolute Gasteiger partial charge is 0.491 e. The minimum absolute atomic E-state index is 0.0398. The molecule has 0 heterocycles. The third kappa shape index (κ3) is 5.29. The van der Waals surface area contributed by atoms with Gasteiger partial charge in [-0.25, -0.2) is 0 Å². The molecule has 0 aliphatic rings. The van der Waals surface area contributed by atoms with Crippen LogP contribution in [0.4, 0.5) is 0 Å². The minimum Gasteiger partial charge on any atom is -0.491 e. The van der Waals surface area contributed by atoms with Gasteiger partial charge in [-0.05, 0) is 65.2 Å². The summed E-state index contributed by atoms with van der Waals surface area (Å²) in [7, 11) is -1.15. The van der Waals surface area contributed by atoms with Crippen molar-refractivity contribution in [2.45, 2.75) is 58.8 Å². The van der Waals surface area contributed by atoms with Crippen LogP contribution in [0.2, 0.25) is 0 Å². The van der Waals surface area contributed by atoms with Gasteiger partial charge >= 0.3 is 7.12 Å². The number of hydrogen-bond donors (Lipinski definition) is 2. The molecule has 0 bridgehead atoms. The lowest BCUT2D eigenvalue weighted by Gasteiger charge is -2.38. The fourth-order valence-electron chi connectivity index (χ4n) is 1.56. The first-order valence-corrected chi connectivity index (χ1v) is 7.77. The number of rotatable bonds is 6. The van der Waals surface area contributed by atoms with E-state index in [-0.39, 0.29) is 6.10 Å². The number of ether oxygens (including phenoxy) is 1. The standard InChI is InChI=1S/C15H24BBrO4/c1-10(2)20-13-8-11(7-12(17)9-13)16(19)21-15(5,6)14(3,4)18/h7-10,18-19H,1-6H3. The van der Waals surface area contributed by atoms with Gasteiger partial charge in [-0.15, -0.1) is 0 Å². The van der Waals surface area contributed by atoms with Crippen molar-refractivity contribution in [1.29, 1.82) is 0 Å². The van der Waals surface area contributed by atoms with Gasteiger partial charge in [-0.2, -0.15) is 0 Å². The highest BCUT2D eigenvalue weighted by Gasteiger charge is 2.39. The average molecular weight is 359 g/mol. The summed E-state index contributed by atoms with van der Waals surface area (Å²) in [6.07, 6.45) is 0.0398. The lowest BCUT2D eigenvalue weighted by atomic mass is 9.76. The number of hydrogen-bond acceptors (Lipinski definition) is 4. The Morgan fingerprint density at radius 1 is 1.14 bits per heavy atom. The van der Waals surface area contributed by atoms with Gasteiger partial charge in [0.05, 0.1) is 17.3 Å². The Bertz CT molecular complexity index is 483. The molecule has 1 rings (SSSR count). The molecule has 0 unspecified atom stereocenters. The summed E-state index contributed by atoms with van der Waals surface area (Å²) in [5.41, 5.74) is -1.43. The van der Waals surface area contributed by atoms with E-state index in [0.717, 1.165) is 4.47 Å². The maximum Gasteiger partial charge on any atom is 0.491 e. The van der Waals surface area contributed by atoms with Crippen LogP contribution in [0.15, 0.2) is 22.7 Å². The Morgan fingerprint density at radius 2 is 1.71 bits per heavy atom. The summed E-state index contributed by atoms with van der Waals surface area (Å²) < 4.78 is 12.1. The maximum atomic E-state index is 10.3. The van der Waals surface area contributed by atoms with E-state index in [4.69, 9.17) is 9.39 Å². The van der Waals surface area contributed by atoms with Gasteiger partial charge in [0.1, 0.15) is 5.75 Å². The molecule has 0 atom stereocenters. The molecular weight excluding hydrogens is 335 g/mol. The zero-order chi connectivity index (χ0) is 16.4. The van der Waals surface area contributed by atoms with Crippen LogP contribution in [0.3, 0.4) is 0 Å². The molecule has 1 aromatic carbocycles. The van der Waals surface area contributed by atoms with Crippen LogP contribution >= 0.6 is 15.9 Å². The van der Waals surface area contributed by atoms with Crippen molar-refractivity contribution < 1.29 is 19.5 Å². The van der Waals surface area contributed by atoms with Crippen LogP contribution in [-0.4, -0.2) is 34.6 Å². The highest BCUT2D eigenvalue weighted by Crippen LogP contribution is 2.26. The van der Waals surface area contributed by atoms with E-state index in [2.05, 4.69) is 15.9 Å². The highest BCUT2D eigenvalue weighted by atomic mass is 79.9. The Balaban J connectivity index is 2.97. The molecule has 0 fully saturated rings. The molecule has 0 aliphatic carbocycles. The minimum atomic E-state index is -1.15. The van der Waals surface area contributed by atoms with Crippen LogP contribution < -0.4 is 10.2 Å². The quantitative estimate of drug-likeness (QED) is 0.767. The molecule has 0 aliphatic heterocycles. The van der Waals surface area contributed by atoms with Gasteiger partial charge in [0, 0.05) is 4.47 Å². The lowest BCUT2D eigenvalue weighted by Crippen LogP contribution is -2.53. The molecule has 0 saturated carbocycles. The van der Waals surface area contributed by atoms with Crippen LogP contribution in [0.1, 0.15) is 41.5 Å². The van der Waals surface area contributed by atoms with Crippen molar-refractivity contribution in [2.75, 3.05) is 0 Å². The van der Waals surface area contributed by atoms with Gasteiger partial charge in [0.2, 0.25) is 0 Å². The molecule has 0 saturated heterocycles. The van der Waals surface area contributed by atoms with E-state index in [0.29, 0.717) is 11.2 Å². The van der Waals surface area contributed by atoms with E-state index in [1.165, 1.54) is 0 Å². The predicted octanol–water partition coefficient (Wildman–Crippen LogP) is 2.49. The van der Waals surface area contributed by atoms with E-state index >= 15 is 0 Å². The molecule has 118 valence electrons. The van der Waals surface area contributed by atoms with Crippen LogP contribution in [0.5, 0.6) is 5.75 Å². The first kappa shape index (κ1) is 18.5. The van der Waals surface area contributed by atoms with E-state index in [1.54, 1.807) is 39.8 Å². The zero-order valence-corrected chi connectivity index (χ0v) is 15.1. The Hall–Kier alpha value is -0.555. The second-order valence-corrected chi connectivity index (χ2v) is 7.34. The molecular formula is C15H24BBrO4.